The van der Waals surface area contributed by atoms with Crippen LogP contribution in [0.5, 0.6) is 0 Å². The third-order valence-corrected chi connectivity index (χ3v) is 3.66. The minimum Gasteiger partial charge on any atom is -0.370 e. The number of hydrogen-bond donors (Lipinski definition) is 2. The maximum Gasteiger partial charge on any atom is 0.263 e. The summed E-state index contributed by atoms with van der Waals surface area (Å²) in [5, 5.41) is 2.96. The molecule has 2 rings (SSSR count). The van der Waals surface area contributed by atoms with Gasteiger partial charge in [0.1, 0.15) is 11.6 Å². The summed E-state index contributed by atoms with van der Waals surface area (Å²) in [5.41, 5.74) is 0. The second kappa shape index (κ2) is 5.66. The van der Waals surface area contributed by atoms with Crippen molar-refractivity contribution in [3.63, 3.8) is 0 Å². The van der Waals surface area contributed by atoms with E-state index >= 15 is 0 Å². The van der Waals surface area contributed by atoms with Gasteiger partial charge in [0, 0.05) is 25.0 Å². The van der Waals surface area contributed by atoms with E-state index in [0.717, 1.165) is 0 Å². The zero-order chi connectivity index (χ0) is 13.7. The fraction of sp³-hybridized carbons (Fsp3) is 0.167. The molecule has 0 amide bonds. The van der Waals surface area contributed by atoms with Crippen LogP contribution in [0.1, 0.15) is 6.92 Å². The van der Waals surface area contributed by atoms with Crippen molar-refractivity contribution in [1.29, 1.82) is 0 Å². The summed E-state index contributed by atoms with van der Waals surface area (Å²) < 4.78 is 26.7. The molecule has 0 aliphatic heterocycles. The summed E-state index contributed by atoms with van der Waals surface area (Å²) in [7, 11) is -3.65. The van der Waals surface area contributed by atoms with Crippen molar-refractivity contribution < 1.29 is 8.42 Å². The maximum absolute atomic E-state index is 12.2. The number of aromatic nitrogens is 2. The van der Waals surface area contributed by atoms with Crippen LogP contribution < -0.4 is 10.0 Å². The molecule has 0 saturated heterocycles. The molecule has 6 nitrogen and oxygen atoms in total. The van der Waals surface area contributed by atoms with E-state index in [2.05, 4.69) is 20.0 Å². The van der Waals surface area contributed by atoms with Crippen molar-refractivity contribution in [3.05, 3.63) is 42.7 Å². The lowest BCUT2D eigenvalue weighted by Crippen LogP contribution is -2.14. The number of pyridine rings is 2. The van der Waals surface area contributed by atoms with E-state index in [1.807, 2.05) is 6.92 Å². The molecule has 0 aliphatic carbocycles. The molecule has 7 heteroatoms. The molecule has 2 aromatic heterocycles. The molecule has 0 fully saturated rings. The highest BCUT2D eigenvalue weighted by atomic mass is 32.2. The standard InChI is InChI=1S/C12H14N4O2S/c1-2-13-12-9-10(6-8-15-12)19(17,18)16-11-5-3-4-7-14-11/h3-9H,2H2,1H3,(H,13,15)(H,14,16). The van der Waals surface area contributed by atoms with Gasteiger partial charge in [0.2, 0.25) is 0 Å². The summed E-state index contributed by atoms with van der Waals surface area (Å²) in [5.74, 6) is 0.802. The fourth-order valence-corrected chi connectivity index (χ4v) is 2.50. The summed E-state index contributed by atoms with van der Waals surface area (Å²) in [4.78, 5) is 8.10. The van der Waals surface area contributed by atoms with Gasteiger partial charge in [0.15, 0.2) is 0 Å². The van der Waals surface area contributed by atoms with E-state index in [1.165, 1.54) is 24.5 Å². The quantitative estimate of drug-likeness (QED) is 0.869. The van der Waals surface area contributed by atoms with Crippen LogP contribution in [0.3, 0.4) is 0 Å². The monoisotopic (exact) mass is 278 g/mol. The van der Waals surface area contributed by atoms with Gasteiger partial charge in [-0.1, -0.05) is 6.07 Å². The largest absolute Gasteiger partial charge is 0.370 e. The van der Waals surface area contributed by atoms with Crippen LogP contribution in [-0.2, 0) is 10.0 Å². The van der Waals surface area contributed by atoms with E-state index in [9.17, 15) is 8.42 Å². The Balaban J connectivity index is 2.27. The van der Waals surface area contributed by atoms with Gasteiger partial charge in [0.05, 0.1) is 4.90 Å². The molecule has 0 saturated carbocycles. The zero-order valence-electron chi connectivity index (χ0n) is 10.4. The molecule has 0 spiro atoms. The Bertz CT molecular complexity index is 644. The Morgan fingerprint density at radius 1 is 1.11 bits per heavy atom. The van der Waals surface area contributed by atoms with Crippen molar-refractivity contribution in [2.24, 2.45) is 0 Å². The molecule has 2 N–H and O–H groups in total. The van der Waals surface area contributed by atoms with Crippen LogP contribution in [-0.4, -0.2) is 24.9 Å². The Hall–Kier alpha value is -2.15. The summed E-state index contributed by atoms with van der Waals surface area (Å²) in [6.07, 6.45) is 2.97. The van der Waals surface area contributed by atoms with E-state index in [0.29, 0.717) is 12.4 Å². The Kier molecular flexibility index (Phi) is 3.96. The Morgan fingerprint density at radius 3 is 2.58 bits per heavy atom. The highest BCUT2D eigenvalue weighted by molar-refractivity contribution is 7.92. The second-order valence-corrected chi connectivity index (χ2v) is 5.41. The van der Waals surface area contributed by atoms with Gasteiger partial charge in [-0.15, -0.1) is 0 Å². The minimum atomic E-state index is -3.65. The number of nitrogens with zero attached hydrogens (tertiary/aromatic N) is 2. The molecule has 2 heterocycles. The maximum atomic E-state index is 12.2. The molecule has 0 unspecified atom stereocenters. The third kappa shape index (κ3) is 3.41. The lowest BCUT2D eigenvalue weighted by atomic mass is 10.4. The zero-order valence-corrected chi connectivity index (χ0v) is 11.2. The van der Waals surface area contributed by atoms with Crippen molar-refractivity contribution in [1.82, 2.24) is 9.97 Å². The first kappa shape index (κ1) is 13.3. The first-order valence-corrected chi connectivity index (χ1v) is 7.24. The summed E-state index contributed by atoms with van der Waals surface area (Å²) in [6.45, 7) is 2.58. The van der Waals surface area contributed by atoms with Crippen LogP contribution >= 0.6 is 0 Å². The average Bonchev–Trinajstić information content (AvgIpc) is 2.40. The highest BCUT2D eigenvalue weighted by Gasteiger charge is 2.15. The molecule has 0 aliphatic rings. The van der Waals surface area contributed by atoms with Gasteiger partial charge >= 0.3 is 0 Å². The highest BCUT2D eigenvalue weighted by Crippen LogP contribution is 2.16. The normalized spacial score (nSPS) is 11.0. The Labute approximate surface area is 112 Å². The van der Waals surface area contributed by atoms with E-state index in [4.69, 9.17) is 0 Å². The SMILES string of the molecule is CCNc1cc(S(=O)(=O)Nc2ccccn2)ccn1. The van der Waals surface area contributed by atoms with Crippen LogP contribution in [0.15, 0.2) is 47.6 Å². The van der Waals surface area contributed by atoms with E-state index in [-0.39, 0.29) is 10.7 Å². The van der Waals surface area contributed by atoms with Gasteiger partial charge in [0.25, 0.3) is 10.0 Å². The molecule has 0 bridgehead atoms. The number of hydrogen-bond acceptors (Lipinski definition) is 5. The molecular weight excluding hydrogens is 264 g/mol. The minimum absolute atomic E-state index is 0.143. The number of nitrogens with one attached hydrogen (secondary N) is 2. The summed E-state index contributed by atoms with van der Waals surface area (Å²) >= 11 is 0. The van der Waals surface area contributed by atoms with Crippen LogP contribution in [0, 0.1) is 0 Å². The second-order valence-electron chi connectivity index (χ2n) is 3.73. The van der Waals surface area contributed by atoms with Crippen molar-refractivity contribution >= 4 is 21.7 Å². The van der Waals surface area contributed by atoms with E-state index in [1.54, 1.807) is 18.2 Å². The molecule has 0 radical (unpaired) electrons. The van der Waals surface area contributed by atoms with E-state index < -0.39 is 10.0 Å². The lowest BCUT2D eigenvalue weighted by Gasteiger charge is -2.08. The van der Waals surface area contributed by atoms with Crippen LogP contribution in [0.2, 0.25) is 0 Å². The third-order valence-electron chi connectivity index (χ3n) is 2.30. The van der Waals surface area contributed by atoms with Crippen molar-refractivity contribution in [3.8, 4) is 0 Å². The van der Waals surface area contributed by atoms with Crippen LogP contribution in [0.25, 0.3) is 0 Å². The Morgan fingerprint density at radius 2 is 1.89 bits per heavy atom. The summed E-state index contributed by atoms with van der Waals surface area (Å²) in [6, 6.07) is 7.93. The molecule has 2 aromatic rings. The van der Waals surface area contributed by atoms with Gasteiger partial charge in [-0.3, -0.25) is 4.72 Å². The number of rotatable bonds is 5. The van der Waals surface area contributed by atoms with Gasteiger partial charge in [-0.05, 0) is 25.1 Å². The number of sulfonamides is 1. The lowest BCUT2D eigenvalue weighted by molar-refractivity contribution is 0.601. The molecule has 0 atom stereocenters. The topological polar surface area (TPSA) is 84.0 Å². The fourth-order valence-electron chi connectivity index (χ4n) is 1.48. The first-order valence-electron chi connectivity index (χ1n) is 5.75. The smallest absolute Gasteiger partial charge is 0.263 e. The average molecular weight is 278 g/mol. The first-order chi connectivity index (χ1) is 9.12. The van der Waals surface area contributed by atoms with Gasteiger partial charge in [-0.25, -0.2) is 18.4 Å². The molecule has 100 valence electrons. The van der Waals surface area contributed by atoms with Crippen molar-refractivity contribution in [2.45, 2.75) is 11.8 Å². The van der Waals surface area contributed by atoms with Crippen LogP contribution in [0.4, 0.5) is 11.6 Å². The van der Waals surface area contributed by atoms with Gasteiger partial charge < -0.3 is 5.32 Å². The number of anilines is 2. The van der Waals surface area contributed by atoms with Crippen molar-refractivity contribution in [2.75, 3.05) is 16.6 Å². The predicted molar refractivity (Wildman–Crippen MR) is 73.4 cm³/mol. The molecule has 19 heavy (non-hydrogen) atoms. The predicted octanol–water partition coefficient (Wildman–Crippen LogP) is 1.71. The molecular formula is C12H14N4O2S. The molecule has 0 aromatic carbocycles. The van der Waals surface area contributed by atoms with Gasteiger partial charge in [-0.2, -0.15) is 0 Å².